The van der Waals surface area contributed by atoms with Crippen LogP contribution >= 0.6 is 0 Å². The molecule has 0 radical (unpaired) electrons. The lowest BCUT2D eigenvalue weighted by Gasteiger charge is -2.26. The van der Waals surface area contributed by atoms with Crippen molar-refractivity contribution >= 4 is 0 Å². The van der Waals surface area contributed by atoms with Crippen LogP contribution in [0.15, 0.2) is 0 Å². The summed E-state index contributed by atoms with van der Waals surface area (Å²) >= 11 is 0. The molecule has 2 fully saturated rings. The summed E-state index contributed by atoms with van der Waals surface area (Å²) in [6.45, 7) is 6.12. The lowest BCUT2D eigenvalue weighted by Crippen LogP contribution is -2.34. The zero-order chi connectivity index (χ0) is 7.84. The van der Waals surface area contributed by atoms with Crippen molar-refractivity contribution in [3.8, 4) is 0 Å². The molecule has 2 rings (SSSR count). The van der Waals surface area contributed by atoms with Gasteiger partial charge >= 0.3 is 0 Å². The molecule has 11 heavy (non-hydrogen) atoms. The van der Waals surface area contributed by atoms with Gasteiger partial charge in [0.05, 0.1) is 0 Å². The van der Waals surface area contributed by atoms with Crippen molar-refractivity contribution in [3.63, 3.8) is 0 Å². The molecule has 0 amide bonds. The topological polar surface area (TPSA) is 3.24 Å². The van der Waals surface area contributed by atoms with E-state index in [2.05, 4.69) is 18.7 Å². The van der Waals surface area contributed by atoms with Crippen molar-refractivity contribution in [2.75, 3.05) is 6.54 Å². The van der Waals surface area contributed by atoms with Crippen molar-refractivity contribution in [2.45, 2.75) is 51.6 Å². The first-order valence-electron chi connectivity index (χ1n) is 5.05. The van der Waals surface area contributed by atoms with Gasteiger partial charge in [0, 0.05) is 12.1 Å². The lowest BCUT2D eigenvalue weighted by atomic mass is 10.0. The maximum absolute atomic E-state index is 2.75. The van der Waals surface area contributed by atoms with Crippen molar-refractivity contribution in [2.24, 2.45) is 5.92 Å². The molecular formula is C10H19N. The Kier molecular flexibility index (Phi) is 1.92. The molecule has 0 bridgehead atoms. The summed E-state index contributed by atoms with van der Waals surface area (Å²) in [5, 5.41) is 0. The summed E-state index contributed by atoms with van der Waals surface area (Å²) in [4.78, 5) is 2.75. The zero-order valence-corrected chi connectivity index (χ0v) is 7.71. The first kappa shape index (κ1) is 7.60. The van der Waals surface area contributed by atoms with Gasteiger partial charge in [0.25, 0.3) is 0 Å². The Balaban J connectivity index is 2.03. The normalized spacial score (nSPS) is 38.5. The van der Waals surface area contributed by atoms with Gasteiger partial charge in [0.2, 0.25) is 0 Å². The summed E-state index contributed by atoms with van der Waals surface area (Å²) in [5.41, 5.74) is 0. The molecule has 0 aliphatic carbocycles. The molecule has 0 N–H and O–H groups in total. The van der Waals surface area contributed by atoms with Crippen LogP contribution in [0.1, 0.15) is 39.5 Å². The van der Waals surface area contributed by atoms with Crippen LogP contribution in [0.3, 0.4) is 0 Å². The molecule has 0 spiro atoms. The molecule has 0 aromatic heterocycles. The second-order valence-corrected chi connectivity index (χ2v) is 4.42. The van der Waals surface area contributed by atoms with E-state index in [4.69, 9.17) is 0 Å². The molecule has 2 unspecified atom stereocenters. The Hall–Kier alpha value is -0.0400. The van der Waals surface area contributed by atoms with Crippen LogP contribution in [0.25, 0.3) is 0 Å². The fourth-order valence-electron chi connectivity index (χ4n) is 2.85. The predicted molar refractivity (Wildman–Crippen MR) is 47.6 cm³/mol. The van der Waals surface area contributed by atoms with E-state index in [0.717, 1.165) is 18.0 Å². The third-order valence-corrected chi connectivity index (χ3v) is 3.41. The fraction of sp³-hybridized carbons (Fsp3) is 1.00. The summed E-state index contributed by atoms with van der Waals surface area (Å²) < 4.78 is 0. The molecule has 2 atom stereocenters. The van der Waals surface area contributed by atoms with E-state index >= 15 is 0 Å². The maximum Gasteiger partial charge on any atom is 0.0122 e. The molecule has 1 heteroatoms. The third-order valence-electron chi connectivity index (χ3n) is 3.41. The van der Waals surface area contributed by atoms with E-state index in [1.165, 1.54) is 32.2 Å². The molecule has 2 aliphatic rings. The van der Waals surface area contributed by atoms with Gasteiger partial charge in [-0.1, -0.05) is 13.8 Å². The molecular weight excluding hydrogens is 134 g/mol. The highest BCUT2D eigenvalue weighted by Crippen LogP contribution is 2.35. The lowest BCUT2D eigenvalue weighted by molar-refractivity contribution is 0.201. The number of fused-ring (bicyclic) bond motifs is 1. The maximum atomic E-state index is 2.75. The monoisotopic (exact) mass is 153 g/mol. The molecule has 64 valence electrons. The van der Waals surface area contributed by atoms with Crippen LogP contribution in [-0.2, 0) is 0 Å². The molecule has 2 heterocycles. The second kappa shape index (κ2) is 2.78. The first-order chi connectivity index (χ1) is 5.29. The van der Waals surface area contributed by atoms with E-state index in [1.807, 2.05) is 0 Å². The zero-order valence-electron chi connectivity index (χ0n) is 7.71. The summed E-state index contributed by atoms with van der Waals surface area (Å²) in [5.74, 6) is 0.873. The van der Waals surface area contributed by atoms with Crippen LogP contribution in [0.2, 0.25) is 0 Å². The highest BCUT2D eigenvalue weighted by molar-refractivity contribution is 4.92. The quantitative estimate of drug-likeness (QED) is 0.558. The van der Waals surface area contributed by atoms with Gasteiger partial charge in [-0.05, 0) is 38.1 Å². The first-order valence-corrected chi connectivity index (χ1v) is 5.05. The number of nitrogens with zero attached hydrogens (tertiary/aromatic N) is 1. The van der Waals surface area contributed by atoms with Gasteiger partial charge in [0.1, 0.15) is 0 Å². The van der Waals surface area contributed by atoms with Crippen molar-refractivity contribution in [3.05, 3.63) is 0 Å². The largest absolute Gasteiger partial charge is 0.297 e. The van der Waals surface area contributed by atoms with Gasteiger partial charge in [-0.2, -0.15) is 0 Å². The SMILES string of the molecule is CC(C)C1CCC2CCCN21. The Morgan fingerprint density at radius 3 is 2.73 bits per heavy atom. The van der Waals surface area contributed by atoms with Crippen molar-refractivity contribution in [1.82, 2.24) is 4.90 Å². The van der Waals surface area contributed by atoms with Crippen LogP contribution < -0.4 is 0 Å². The summed E-state index contributed by atoms with van der Waals surface area (Å²) in [6.07, 6.45) is 5.86. The van der Waals surface area contributed by atoms with Crippen LogP contribution in [0.4, 0.5) is 0 Å². The molecule has 1 nitrogen and oxygen atoms in total. The Morgan fingerprint density at radius 2 is 2.00 bits per heavy atom. The minimum atomic E-state index is 0.873. The Labute approximate surface area is 69.8 Å². The minimum Gasteiger partial charge on any atom is -0.297 e. The molecule has 0 aromatic carbocycles. The Morgan fingerprint density at radius 1 is 1.18 bits per heavy atom. The van der Waals surface area contributed by atoms with Crippen LogP contribution in [0, 0.1) is 5.92 Å². The predicted octanol–water partition coefficient (Wildman–Crippen LogP) is 2.27. The van der Waals surface area contributed by atoms with E-state index in [0.29, 0.717) is 0 Å². The summed E-state index contributed by atoms with van der Waals surface area (Å²) in [6, 6.07) is 1.89. The average Bonchev–Trinajstić information content (AvgIpc) is 2.41. The van der Waals surface area contributed by atoms with Gasteiger partial charge < -0.3 is 0 Å². The molecule has 0 aromatic rings. The van der Waals surface area contributed by atoms with E-state index < -0.39 is 0 Å². The molecule has 0 saturated carbocycles. The molecule has 2 saturated heterocycles. The smallest absolute Gasteiger partial charge is 0.0122 e. The number of rotatable bonds is 1. The highest BCUT2D eigenvalue weighted by atomic mass is 15.2. The van der Waals surface area contributed by atoms with Gasteiger partial charge in [-0.15, -0.1) is 0 Å². The average molecular weight is 153 g/mol. The summed E-state index contributed by atoms with van der Waals surface area (Å²) in [7, 11) is 0. The minimum absolute atomic E-state index is 0.873. The highest BCUT2D eigenvalue weighted by Gasteiger charge is 2.37. The van der Waals surface area contributed by atoms with Gasteiger partial charge in [-0.25, -0.2) is 0 Å². The third kappa shape index (κ3) is 1.20. The van der Waals surface area contributed by atoms with Crippen LogP contribution in [-0.4, -0.2) is 23.5 Å². The van der Waals surface area contributed by atoms with Crippen molar-refractivity contribution in [1.29, 1.82) is 0 Å². The number of hydrogen-bond acceptors (Lipinski definition) is 1. The van der Waals surface area contributed by atoms with Gasteiger partial charge in [-0.3, -0.25) is 4.90 Å². The van der Waals surface area contributed by atoms with Gasteiger partial charge in [0.15, 0.2) is 0 Å². The standard InChI is InChI=1S/C10H19N/c1-8(2)10-6-5-9-4-3-7-11(9)10/h8-10H,3-7H2,1-2H3. The second-order valence-electron chi connectivity index (χ2n) is 4.42. The van der Waals surface area contributed by atoms with E-state index in [-0.39, 0.29) is 0 Å². The fourth-order valence-corrected chi connectivity index (χ4v) is 2.85. The molecule has 2 aliphatic heterocycles. The van der Waals surface area contributed by atoms with Crippen molar-refractivity contribution < 1.29 is 0 Å². The van der Waals surface area contributed by atoms with E-state index in [1.54, 1.807) is 0 Å². The van der Waals surface area contributed by atoms with Crippen LogP contribution in [0.5, 0.6) is 0 Å². The number of hydrogen-bond donors (Lipinski definition) is 0. The van der Waals surface area contributed by atoms with E-state index in [9.17, 15) is 0 Å². The Bertz CT molecular complexity index is 142.